The number of nitrogens with two attached hydrogens (primary N) is 2. The van der Waals surface area contributed by atoms with E-state index in [4.69, 9.17) is 21.5 Å². The van der Waals surface area contributed by atoms with E-state index in [2.05, 4.69) is 29.3 Å². The van der Waals surface area contributed by atoms with E-state index in [0.717, 1.165) is 44.5 Å². The monoisotopic (exact) mass is 466 g/mol. The molecule has 4 rings (SSSR count). The number of aryl methyl sites for hydroxylation is 1. The highest BCUT2D eigenvalue weighted by atomic mass is 35.5. The van der Waals surface area contributed by atoms with Gasteiger partial charge in [0.15, 0.2) is 0 Å². The lowest BCUT2D eigenvalue weighted by Gasteiger charge is -2.13. The minimum absolute atomic E-state index is 0. The molecule has 0 bridgehead atoms. The molecule has 1 aromatic heterocycles. The molecular formula is C25H24Cl2N4O. The molecule has 5 nitrogen and oxygen atoms in total. The summed E-state index contributed by atoms with van der Waals surface area (Å²) in [5.41, 5.74) is 18.5. The molecule has 0 amide bonds. The van der Waals surface area contributed by atoms with Gasteiger partial charge in [0, 0.05) is 17.5 Å². The van der Waals surface area contributed by atoms with Crippen LogP contribution >= 0.6 is 24.8 Å². The van der Waals surface area contributed by atoms with E-state index in [1.54, 1.807) is 12.1 Å². The first kappa shape index (κ1) is 25.0. The van der Waals surface area contributed by atoms with Gasteiger partial charge >= 0.3 is 0 Å². The minimum Gasteiger partial charge on any atom is -0.489 e. The minimum atomic E-state index is 0. The molecule has 0 aliphatic carbocycles. The smallest absolute Gasteiger partial charge is 0.124 e. The highest BCUT2D eigenvalue weighted by Gasteiger charge is 2.09. The number of benzene rings is 3. The van der Waals surface area contributed by atoms with Gasteiger partial charge in [0.25, 0.3) is 0 Å². The fraction of sp³-hybridized carbons (Fsp3) is 0.120. The van der Waals surface area contributed by atoms with Crippen LogP contribution in [-0.2, 0) is 13.2 Å². The topological polar surface area (TPSA) is 98.0 Å². The van der Waals surface area contributed by atoms with Crippen LogP contribution < -0.4 is 16.2 Å². The number of hydrogen-bond donors (Lipinski definition) is 2. The largest absolute Gasteiger partial charge is 0.489 e. The lowest BCUT2D eigenvalue weighted by Crippen LogP contribution is -2.03. The van der Waals surface area contributed by atoms with Gasteiger partial charge in [0.05, 0.1) is 17.1 Å². The SMILES string of the molecule is Cc1cc(N)nc2cc(-c3ccc(OCc4ccc(C#N)cc4)c(CN)c3)ccc12.Cl.Cl. The van der Waals surface area contributed by atoms with Crippen LogP contribution in [-0.4, -0.2) is 4.98 Å². The number of nitrogen functional groups attached to an aromatic ring is 1. The Morgan fingerprint density at radius 3 is 2.31 bits per heavy atom. The predicted molar refractivity (Wildman–Crippen MR) is 134 cm³/mol. The van der Waals surface area contributed by atoms with Crippen molar-refractivity contribution in [2.45, 2.75) is 20.1 Å². The van der Waals surface area contributed by atoms with Crippen molar-refractivity contribution < 1.29 is 4.74 Å². The van der Waals surface area contributed by atoms with Crippen LogP contribution in [0.3, 0.4) is 0 Å². The van der Waals surface area contributed by atoms with Crippen molar-refractivity contribution in [2.75, 3.05) is 5.73 Å². The van der Waals surface area contributed by atoms with Gasteiger partial charge in [-0.15, -0.1) is 24.8 Å². The molecule has 0 atom stereocenters. The molecule has 7 heteroatoms. The maximum Gasteiger partial charge on any atom is 0.124 e. The maximum atomic E-state index is 8.90. The van der Waals surface area contributed by atoms with E-state index in [1.165, 1.54) is 0 Å². The van der Waals surface area contributed by atoms with Gasteiger partial charge in [0.2, 0.25) is 0 Å². The van der Waals surface area contributed by atoms with E-state index in [-0.39, 0.29) is 24.8 Å². The Hall–Kier alpha value is -3.30. The normalized spacial score (nSPS) is 10.0. The van der Waals surface area contributed by atoms with Crippen molar-refractivity contribution in [3.05, 3.63) is 89.0 Å². The van der Waals surface area contributed by atoms with Crippen LogP contribution in [0.2, 0.25) is 0 Å². The number of nitrogens with zero attached hydrogens (tertiary/aromatic N) is 2. The number of hydrogen-bond acceptors (Lipinski definition) is 5. The Morgan fingerprint density at radius 2 is 1.62 bits per heavy atom. The highest BCUT2D eigenvalue weighted by molar-refractivity contribution is 5.88. The molecule has 0 saturated heterocycles. The summed E-state index contributed by atoms with van der Waals surface area (Å²) in [5.74, 6) is 1.27. The number of halogens is 2. The van der Waals surface area contributed by atoms with E-state index < -0.39 is 0 Å². The van der Waals surface area contributed by atoms with Gasteiger partial charge in [-0.2, -0.15) is 5.26 Å². The molecule has 4 aromatic rings. The van der Waals surface area contributed by atoms with Crippen LogP contribution in [0.1, 0.15) is 22.3 Å². The van der Waals surface area contributed by atoms with Crippen LogP contribution in [0.4, 0.5) is 5.82 Å². The van der Waals surface area contributed by atoms with E-state index in [9.17, 15) is 0 Å². The van der Waals surface area contributed by atoms with Crippen LogP contribution in [0.5, 0.6) is 5.75 Å². The van der Waals surface area contributed by atoms with Gasteiger partial charge in [-0.3, -0.25) is 0 Å². The molecule has 3 aromatic carbocycles. The van der Waals surface area contributed by atoms with Crippen molar-refractivity contribution in [3.8, 4) is 22.9 Å². The second-order valence-electron chi connectivity index (χ2n) is 7.22. The molecule has 0 spiro atoms. The summed E-state index contributed by atoms with van der Waals surface area (Å²) >= 11 is 0. The number of ether oxygens (including phenoxy) is 1. The van der Waals surface area contributed by atoms with Crippen LogP contribution in [0.15, 0.2) is 66.7 Å². The van der Waals surface area contributed by atoms with Gasteiger partial charge in [-0.1, -0.05) is 30.3 Å². The van der Waals surface area contributed by atoms with Gasteiger partial charge in [-0.25, -0.2) is 4.98 Å². The molecule has 4 N–H and O–H groups in total. The van der Waals surface area contributed by atoms with Crippen molar-refractivity contribution in [1.82, 2.24) is 4.98 Å². The van der Waals surface area contributed by atoms with Gasteiger partial charge in [0.1, 0.15) is 18.2 Å². The average Bonchev–Trinajstić information content (AvgIpc) is 2.77. The third-order valence-electron chi connectivity index (χ3n) is 5.13. The zero-order valence-electron chi connectivity index (χ0n) is 17.5. The van der Waals surface area contributed by atoms with Crippen molar-refractivity contribution >= 4 is 41.5 Å². The Balaban J connectivity index is 0.00000181. The fourth-order valence-electron chi connectivity index (χ4n) is 3.50. The lowest BCUT2D eigenvalue weighted by atomic mass is 9.99. The molecule has 164 valence electrons. The highest BCUT2D eigenvalue weighted by Crippen LogP contribution is 2.30. The second-order valence-corrected chi connectivity index (χ2v) is 7.22. The number of nitriles is 1. The zero-order chi connectivity index (χ0) is 21.1. The summed E-state index contributed by atoms with van der Waals surface area (Å²) < 4.78 is 5.99. The van der Waals surface area contributed by atoms with E-state index >= 15 is 0 Å². The molecule has 32 heavy (non-hydrogen) atoms. The van der Waals surface area contributed by atoms with Crippen LogP contribution in [0, 0.1) is 18.3 Å². The first-order valence-corrected chi connectivity index (χ1v) is 9.69. The molecule has 1 heterocycles. The molecule has 0 saturated carbocycles. The first-order chi connectivity index (χ1) is 14.6. The van der Waals surface area contributed by atoms with Gasteiger partial charge < -0.3 is 16.2 Å². The second kappa shape index (κ2) is 10.8. The third-order valence-corrected chi connectivity index (χ3v) is 5.13. The maximum absolute atomic E-state index is 8.90. The summed E-state index contributed by atoms with van der Waals surface area (Å²) in [7, 11) is 0. The predicted octanol–water partition coefficient (Wildman–Crippen LogP) is 5.55. The Morgan fingerprint density at radius 1 is 0.938 bits per heavy atom. The fourth-order valence-corrected chi connectivity index (χ4v) is 3.50. The summed E-state index contributed by atoms with van der Waals surface area (Å²) in [5, 5.41) is 10.00. The average molecular weight is 467 g/mol. The summed E-state index contributed by atoms with van der Waals surface area (Å²) in [6.07, 6.45) is 0. The third kappa shape index (κ3) is 5.30. The molecule has 0 unspecified atom stereocenters. The number of rotatable bonds is 5. The van der Waals surface area contributed by atoms with Crippen molar-refractivity contribution in [2.24, 2.45) is 5.73 Å². The molecule has 0 radical (unpaired) electrons. The Bertz CT molecular complexity index is 1270. The summed E-state index contributed by atoms with van der Waals surface area (Å²) in [4.78, 5) is 4.47. The number of pyridine rings is 1. The standard InChI is InChI=1S/C25H22N4O.2ClH/c1-16-10-25(28)29-23-12-20(6-8-22(16)23)19-7-9-24(21(11-19)14-27)30-15-18-4-2-17(13-26)3-5-18;;/h2-12H,14-15,27H2,1H3,(H2,28,29);2*1H. The Labute approximate surface area is 199 Å². The first-order valence-electron chi connectivity index (χ1n) is 9.69. The van der Waals surface area contributed by atoms with E-state index in [0.29, 0.717) is 24.5 Å². The molecular weight excluding hydrogens is 443 g/mol. The van der Waals surface area contributed by atoms with Gasteiger partial charge in [-0.05, 0) is 65.6 Å². The van der Waals surface area contributed by atoms with Crippen molar-refractivity contribution in [1.29, 1.82) is 5.26 Å². The van der Waals surface area contributed by atoms with Crippen molar-refractivity contribution in [3.63, 3.8) is 0 Å². The quantitative estimate of drug-likeness (QED) is 0.401. The zero-order valence-corrected chi connectivity index (χ0v) is 19.2. The lowest BCUT2D eigenvalue weighted by molar-refractivity contribution is 0.303. The van der Waals surface area contributed by atoms with Crippen LogP contribution in [0.25, 0.3) is 22.0 Å². The summed E-state index contributed by atoms with van der Waals surface area (Å²) in [6.45, 7) is 2.82. The summed E-state index contributed by atoms with van der Waals surface area (Å²) in [6, 6.07) is 23.6. The molecule has 0 aliphatic rings. The van der Waals surface area contributed by atoms with E-state index in [1.807, 2.05) is 43.3 Å². The molecule has 0 fully saturated rings. The number of anilines is 1. The molecule has 0 aliphatic heterocycles. The number of aromatic nitrogens is 1. The Kier molecular flexibility index (Phi) is 8.45. The number of fused-ring (bicyclic) bond motifs is 1.